The minimum atomic E-state index is 0.578. The Balaban J connectivity index is 2.22. The van der Waals surface area contributed by atoms with Crippen molar-refractivity contribution < 1.29 is 0 Å². The number of benzene rings is 1. The van der Waals surface area contributed by atoms with Crippen molar-refractivity contribution in [2.45, 2.75) is 6.54 Å². The minimum absolute atomic E-state index is 0.578. The van der Waals surface area contributed by atoms with Gasteiger partial charge in [-0.2, -0.15) is 5.10 Å². The molecule has 1 heterocycles. The number of nitrogens with zero attached hydrogens (tertiary/aromatic N) is 2. The molecule has 0 bridgehead atoms. The third-order valence-electron chi connectivity index (χ3n) is 2.10. The molecule has 0 aliphatic carbocycles. The molecule has 1 aromatic carbocycles. The SMILES string of the molecule is SNc1ccn(Cc2cc(Cl)ccc2Cl)n1. The van der Waals surface area contributed by atoms with Crippen molar-refractivity contribution in [2.75, 3.05) is 4.72 Å². The van der Waals surface area contributed by atoms with Crippen LogP contribution in [-0.4, -0.2) is 9.78 Å². The molecule has 3 nitrogen and oxygen atoms in total. The summed E-state index contributed by atoms with van der Waals surface area (Å²) in [6.07, 6.45) is 1.84. The van der Waals surface area contributed by atoms with Crippen molar-refractivity contribution in [3.8, 4) is 0 Å². The summed E-state index contributed by atoms with van der Waals surface area (Å²) in [5, 5.41) is 5.57. The number of halogens is 2. The Morgan fingerprint density at radius 3 is 2.81 bits per heavy atom. The van der Waals surface area contributed by atoms with Crippen LogP contribution in [-0.2, 0) is 6.54 Å². The zero-order valence-corrected chi connectivity index (χ0v) is 10.6. The van der Waals surface area contributed by atoms with Gasteiger partial charge in [0, 0.05) is 22.3 Å². The highest BCUT2D eigenvalue weighted by Crippen LogP contribution is 2.21. The molecule has 0 saturated carbocycles. The maximum Gasteiger partial charge on any atom is 0.157 e. The largest absolute Gasteiger partial charge is 0.316 e. The summed E-state index contributed by atoms with van der Waals surface area (Å²) in [7, 11) is 0. The van der Waals surface area contributed by atoms with E-state index in [0.717, 1.165) is 5.56 Å². The first-order valence-corrected chi connectivity index (χ1v) is 5.77. The third-order valence-corrected chi connectivity index (χ3v) is 2.93. The van der Waals surface area contributed by atoms with Gasteiger partial charge in [0.1, 0.15) is 0 Å². The van der Waals surface area contributed by atoms with Gasteiger partial charge in [-0.1, -0.05) is 36.0 Å². The number of rotatable bonds is 3. The van der Waals surface area contributed by atoms with Gasteiger partial charge in [0.05, 0.1) is 6.54 Å². The van der Waals surface area contributed by atoms with Crippen LogP contribution >= 0.6 is 36.0 Å². The van der Waals surface area contributed by atoms with Crippen molar-refractivity contribution in [3.63, 3.8) is 0 Å². The number of thiol groups is 1. The first-order valence-electron chi connectivity index (χ1n) is 4.56. The van der Waals surface area contributed by atoms with Crippen molar-refractivity contribution in [3.05, 3.63) is 46.1 Å². The monoisotopic (exact) mass is 273 g/mol. The topological polar surface area (TPSA) is 29.9 Å². The van der Waals surface area contributed by atoms with E-state index in [1.165, 1.54) is 0 Å². The van der Waals surface area contributed by atoms with Gasteiger partial charge in [0.2, 0.25) is 0 Å². The number of hydrogen-bond donors (Lipinski definition) is 2. The fraction of sp³-hybridized carbons (Fsp3) is 0.100. The lowest BCUT2D eigenvalue weighted by atomic mass is 10.2. The Morgan fingerprint density at radius 2 is 2.12 bits per heavy atom. The van der Waals surface area contributed by atoms with E-state index in [1.54, 1.807) is 16.8 Å². The van der Waals surface area contributed by atoms with Crippen molar-refractivity contribution >= 4 is 41.8 Å². The molecule has 0 fully saturated rings. The van der Waals surface area contributed by atoms with E-state index < -0.39 is 0 Å². The van der Waals surface area contributed by atoms with Crippen LogP contribution < -0.4 is 4.72 Å². The Labute approximate surface area is 109 Å². The molecule has 0 unspecified atom stereocenters. The second kappa shape index (κ2) is 4.99. The number of nitrogens with one attached hydrogen (secondary N) is 1. The Morgan fingerprint density at radius 1 is 1.31 bits per heavy atom. The fourth-order valence-corrected chi connectivity index (χ4v) is 1.84. The fourth-order valence-electron chi connectivity index (χ4n) is 1.35. The predicted molar refractivity (Wildman–Crippen MR) is 70.4 cm³/mol. The van der Waals surface area contributed by atoms with Crippen LogP contribution in [0, 0.1) is 0 Å². The molecule has 6 heteroatoms. The normalized spacial score (nSPS) is 10.4. The summed E-state index contributed by atoms with van der Waals surface area (Å²) < 4.78 is 4.42. The molecule has 0 saturated heterocycles. The maximum atomic E-state index is 6.06. The standard InChI is InChI=1S/C10H9Cl2N3S/c11-8-1-2-9(12)7(5-8)6-15-4-3-10(13-15)14-16/h1-5,16H,6H2,(H,13,14). The van der Waals surface area contributed by atoms with E-state index in [4.69, 9.17) is 23.2 Å². The number of hydrogen-bond acceptors (Lipinski definition) is 3. The summed E-state index contributed by atoms with van der Waals surface area (Å²) in [6, 6.07) is 7.20. The lowest BCUT2D eigenvalue weighted by Crippen LogP contribution is -2.01. The smallest absolute Gasteiger partial charge is 0.157 e. The first kappa shape index (κ1) is 11.6. The van der Waals surface area contributed by atoms with E-state index >= 15 is 0 Å². The van der Waals surface area contributed by atoms with Crippen LogP contribution in [0.2, 0.25) is 10.0 Å². The lowest BCUT2D eigenvalue weighted by Gasteiger charge is -2.05. The molecule has 2 aromatic rings. The van der Waals surface area contributed by atoms with Gasteiger partial charge in [0.15, 0.2) is 5.82 Å². The Bertz CT molecular complexity index is 499. The molecule has 1 aromatic heterocycles. The van der Waals surface area contributed by atoms with Gasteiger partial charge in [-0.15, -0.1) is 0 Å². The average molecular weight is 274 g/mol. The molecule has 0 aliphatic heterocycles. The van der Waals surface area contributed by atoms with Crippen LogP contribution in [0.4, 0.5) is 5.82 Å². The summed E-state index contributed by atoms with van der Waals surface area (Å²) in [5.74, 6) is 0.696. The second-order valence-corrected chi connectivity index (χ2v) is 4.31. The molecule has 0 radical (unpaired) electrons. The van der Waals surface area contributed by atoms with Gasteiger partial charge in [0.25, 0.3) is 0 Å². The molecule has 16 heavy (non-hydrogen) atoms. The average Bonchev–Trinajstić information content (AvgIpc) is 2.71. The predicted octanol–water partition coefficient (Wildman–Crippen LogP) is 3.49. The number of aromatic nitrogens is 2. The molecular formula is C10H9Cl2N3S. The molecule has 84 valence electrons. The first-order chi connectivity index (χ1) is 7.69. The van der Waals surface area contributed by atoms with Crippen molar-refractivity contribution in [2.24, 2.45) is 0 Å². The highest BCUT2D eigenvalue weighted by Gasteiger charge is 2.03. The van der Waals surface area contributed by atoms with Crippen molar-refractivity contribution in [1.82, 2.24) is 9.78 Å². The highest BCUT2D eigenvalue weighted by atomic mass is 35.5. The van der Waals surface area contributed by atoms with Crippen molar-refractivity contribution in [1.29, 1.82) is 0 Å². The van der Waals surface area contributed by atoms with Crippen LogP contribution in [0.1, 0.15) is 5.56 Å². The summed E-state index contributed by atoms with van der Waals surface area (Å²) in [4.78, 5) is 0. The van der Waals surface area contributed by atoms with E-state index in [1.807, 2.05) is 18.3 Å². The summed E-state index contributed by atoms with van der Waals surface area (Å²) in [5.41, 5.74) is 0.933. The summed E-state index contributed by atoms with van der Waals surface area (Å²) in [6.45, 7) is 0.578. The summed E-state index contributed by atoms with van der Waals surface area (Å²) >= 11 is 15.9. The molecule has 0 aliphatic rings. The molecule has 0 amide bonds. The quantitative estimate of drug-likeness (QED) is 0.839. The number of anilines is 1. The van der Waals surface area contributed by atoms with Gasteiger partial charge in [-0.3, -0.25) is 4.68 Å². The lowest BCUT2D eigenvalue weighted by molar-refractivity contribution is 0.690. The molecular weight excluding hydrogens is 265 g/mol. The zero-order valence-electron chi connectivity index (χ0n) is 8.19. The van der Waals surface area contributed by atoms with Gasteiger partial charge < -0.3 is 4.72 Å². The van der Waals surface area contributed by atoms with Crippen LogP contribution in [0.3, 0.4) is 0 Å². The van der Waals surface area contributed by atoms with E-state index in [-0.39, 0.29) is 0 Å². The van der Waals surface area contributed by atoms with Gasteiger partial charge >= 0.3 is 0 Å². The Hall–Kier alpha value is -0.840. The maximum absolute atomic E-state index is 6.06. The molecule has 0 spiro atoms. The van der Waals surface area contributed by atoms with Crippen LogP contribution in [0.15, 0.2) is 30.5 Å². The second-order valence-electron chi connectivity index (χ2n) is 3.25. The van der Waals surface area contributed by atoms with Crippen LogP contribution in [0.25, 0.3) is 0 Å². The van der Waals surface area contributed by atoms with E-state index in [2.05, 4.69) is 22.6 Å². The van der Waals surface area contributed by atoms with E-state index in [9.17, 15) is 0 Å². The molecule has 0 atom stereocenters. The molecule has 2 rings (SSSR count). The van der Waals surface area contributed by atoms with Gasteiger partial charge in [-0.25, -0.2) is 0 Å². The van der Waals surface area contributed by atoms with Crippen LogP contribution in [0.5, 0.6) is 0 Å². The zero-order chi connectivity index (χ0) is 11.5. The Kier molecular flexibility index (Phi) is 3.63. The van der Waals surface area contributed by atoms with Gasteiger partial charge in [-0.05, 0) is 23.8 Å². The highest BCUT2D eigenvalue weighted by molar-refractivity contribution is 7.81. The minimum Gasteiger partial charge on any atom is -0.316 e. The third kappa shape index (κ3) is 2.64. The molecule has 1 N–H and O–H groups in total. The van der Waals surface area contributed by atoms with E-state index in [0.29, 0.717) is 22.4 Å².